The van der Waals surface area contributed by atoms with Crippen molar-refractivity contribution in [3.05, 3.63) is 35.9 Å². The number of hydrogen-bond donors (Lipinski definition) is 1. The van der Waals surface area contributed by atoms with Crippen LogP contribution in [0.4, 0.5) is 0 Å². The Balaban J connectivity index is 2.89. The first-order chi connectivity index (χ1) is 6.66. The van der Waals surface area contributed by atoms with Crippen LogP contribution in [-0.2, 0) is 0 Å². The van der Waals surface area contributed by atoms with Crippen LogP contribution >= 0.6 is 0 Å². The van der Waals surface area contributed by atoms with Gasteiger partial charge in [0.1, 0.15) is 0 Å². The van der Waals surface area contributed by atoms with Crippen molar-refractivity contribution in [3.8, 4) is 0 Å². The number of benzene rings is 1. The predicted octanol–water partition coefficient (Wildman–Crippen LogP) is 3.20. The third-order valence-corrected chi connectivity index (χ3v) is 2.74. The van der Waals surface area contributed by atoms with Gasteiger partial charge in [-0.1, -0.05) is 51.1 Å². The third kappa shape index (κ3) is 2.58. The molecule has 0 amide bonds. The maximum atomic E-state index is 9.94. The monoisotopic (exact) mass is 192 g/mol. The molecule has 0 aliphatic heterocycles. The van der Waals surface area contributed by atoms with E-state index in [2.05, 4.69) is 26.0 Å². The summed E-state index contributed by atoms with van der Waals surface area (Å²) in [6, 6.07) is 10.3. The van der Waals surface area contributed by atoms with Crippen LogP contribution in [0.2, 0.25) is 0 Å². The van der Waals surface area contributed by atoms with Crippen molar-refractivity contribution < 1.29 is 5.11 Å². The molecule has 1 rings (SSSR count). The fraction of sp³-hybridized carbons (Fsp3) is 0.538. The smallest absolute Gasteiger partial charge is 0.0608 e. The molecule has 78 valence electrons. The molecule has 0 aliphatic carbocycles. The summed E-state index contributed by atoms with van der Waals surface area (Å²) in [5.74, 6) is 0.744. The molecule has 0 saturated carbocycles. The zero-order chi connectivity index (χ0) is 10.6. The maximum absolute atomic E-state index is 9.94. The molecule has 0 heterocycles. The largest absolute Gasteiger partial charge is 0.392 e. The minimum absolute atomic E-state index is 0.225. The lowest BCUT2D eigenvalue weighted by Gasteiger charge is -2.26. The van der Waals surface area contributed by atoms with Crippen LogP contribution in [0.1, 0.15) is 38.7 Å². The number of aliphatic hydroxyl groups excluding tert-OH is 1. The molecule has 0 saturated heterocycles. The SMILES string of the molecule is CC[C@H](O)[C@H](c1ccccc1)C(C)C. The lowest BCUT2D eigenvalue weighted by atomic mass is 9.83. The third-order valence-electron chi connectivity index (χ3n) is 2.74. The highest BCUT2D eigenvalue weighted by molar-refractivity contribution is 5.21. The van der Waals surface area contributed by atoms with E-state index in [1.165, 1.54) is 5.56 Å². The molecule has 0 unspecified atom stereocenters. The second-order valence-electron chi connectivity index (χ2n) is 4.16. The molecule has 0 aromatic heterocycles. The van der Waals surface area contributed by atoms with E-state index in [9.17, 15) is 5.11 Å². The average molecular weight is 192 g/mol. The van der Waals surface area contributed by atoms with E-state index in [0.29, 0.717) is 5.92 Å². The van der Waals surface area contributed by atoms with Gasteiger partial charge in [0.2, 0.25) is 0 Å². The molecule has 0 radical (unpaired) electrons. The van der Waals surface area contributed by atoms with Crippen LogP contribution in [0.5, 0.6) is 0 Å². The Labute approximate surface area is 86.8 Å². The van der Waals surface area contributed by atoms with Gasteiger partial charge >= 0.3 is 0 Å². The Morgan fingerprint density at radius 2 is 1.71 bits per heavy atom. The van der Waals surface area contributed by atoms with Crippen LogP contribution in [0.3, 0.4) is 0 Å². The molecule has 0 bridgehead atoms. The molecular weight excluding hydrogens is 172 g/mol. The molecule has 0 spiro atoms. The van der Waals surface area contributed by atoms with Gasteiger partial charge in [0.25, 0.3) is 0 Å². The molecule has 14 heavy (non-hydrogen) atoms. The van der Waals surface area contributed by atoms with Crippen molar-refractivity contribution in [1.29, 1.82) is 0 Å². The highest BCUT2D eigenvalue weighted by Gasteiger charge is 2.22. The Morgan fingerprint density at radius 3 is 2.14 bits per heavy atom. The van der Waals surface area contributed by atoms with Crippen LogP contribution < -0.4 is 0 Å². The summed E-state index contributed by atoms with van der Waals surface area (Å²) < 4.78 is 0. The van der Waals surface area contributed by atoms with Gasteiger partial charge in [-0.15, -0.1) is 0 Å². The zero-order valence-electron chi connectivity index (χ0n) is 9.27. The van der Waals surface area contributed by atoms with Crippen molar-refractivity contribution in [2.45, 2.75) is 39.2 Å². The summed E-state index contributed by atoms with van der Waals surface area (Å²) in [5.41, 5.74) is 1.25. The summed E-state index contributed by atoms with van der Waals surface area (Å²) in [5, 5.41) is 9.94. The number of aliphatic hydroxyl groups is 1. The molecular formula is C13H20O. The van der Waals surface area contributed by atoms with Crippen LogP contribution in [0, 0.1) is 5.92 Å². The summed E-state index contributed by atoms with van der Waals surface area (Å²) in [4.78, 5) is 0. The molecule has 0 aliphatic rings. The van der Waals surface area contributed by atoms with Gasteiger partial charge in [0.15, 0.2) is 0 Å². The Morgan fingerprint density at radius 1 is 1.14 bits per heavy atom. The van der Waals surface area contributed by atoms with Crippen molar-refractivity contribution in [2.75, 3.05) is 0 Å². The molecule has 1 aromatic carbocycles. The van der Waals surface area contributed by atoms with Gasteiger partial charge in [0.05, 0.1) is 6.10 Å². The number of rotatable bonds is 4. The van der Waals surface area contributed by atoms with E-state index in [4.69, 9.17) is 0 Å². The first-order valence-electron chi connectivity index (χ1n) is 5.39. The average Bonchev–Trinajstić information content (AvgIpc) is 2.19. The molecule has 1 heteroatoms. The fourth-order valence-electron chi connectivity index (χ4n) is 1.98. The normalized spacial score (nSPS) is 15.5. The lowest BCUT2D eigenvalue weighted by Crippen LogP contribution is -2.22. The highest BCUT2D eigenvalue weighted by atomic mass is 16.3. The lowest BCUT2D eigenvalue weighted by molar-refractivity contribution is 0.118. The van der Waals surface area contributed by atoms with Gasteiger partial charge in [-0.05, 0) is 17.9 Å². The molecule has 2 atom stereocenters. The van der Waals surface area contributed by atoms with Gasteiger partial charge in [-0.3, -0.25) is 0 Å². The van der Waals surface area contributed by atoms with E-state index >= 15 is 0 Å². The number of hydrogen-bond acceptors (Lipinski definition) is 1. The van der Waals surface area contributed by atoms with Crippen molar-refractivity contribution >= 4 is 0 Å². The molecule has 0 fully saturated rings. The minimum atomic E-state index is -0.225. The van der Waals surface area contributed by atoms with Crippen molar-refractivity contribution in [1.82, 2.24) is 0 Å². The molecule has 1 nitrogen and oxygen atoms in total. The van der Waals surface area contributed by atoms with E-state index in [0.717, 1.165) is 6.42 Å². The zero-order valence-corrected chi connectivity index (χ0v) is 9.27. The first-order valence-corrected chi connectivity index (χ1v) is 5.39. The highest BCUT2D eigenvalue weighted by Crippen LogP contribution is 2.29. The summed E-state index contributed by atoms with van der Waals surface area (Å²) in [7, 11) is 0. The predicted molar refractivity (Wildman–Crippen MR) is 60.3 cm³/mol. The van der Waals surface area contributed by atoms with Crippen molar-refractivity contribution in [3.63, 3.8) is 0 Å². The van der Waals surface area contributed by atoms with Gasteiger partial charge in [-0.25, -0.2) is 0 Å². The van der Waals surface area contributed by atoms with E-state index in [1.54, 1.807) is 0 Å². The summed E-state index contributed by atoms with van der Waals surface area (Å²) in [6.07, 6.45) is 0.593. The first kappa shape index (κ1) is 11.3. The maximum Gasteiger partial charge on any atom is 0.0608 e. The van der Waals surface area contributed by atoms with Gasteiger partial charge < -0.3 is 5.11 Å². The van der Waals surface area contributed by atoms with Crippen LogP contribution in [0.25, 0.3) is 0 Å². The quantitative estimate of drug-likeness (QED) is 0.776. The van der Waals surface area contributed by atoms with Crippen molar-refractivity contribution in [2.24, 2.45) is 5.92 Å². The fourth-order valence-corrected chi connectivity index (χ4v) is 1.98. The van der Waals surface area contributed by atoms with E-state index < -0.39 is 0 Å². The topological polar surface area (TPSA) is 20.2 Å². The summed E-state index contributed by atoms with van der Waals surface area (Å²) in [6.45, 7) is 6.36. The van der Waals surface area contributed by atoms with E-state index in [1.807, 2.05) is 25.1 Å². The minimum Gasteiger partial charge on any atom is -0.392 e. The Bertz CT molecular complexity index is 253. The molecule has 1 N–H and O–H groups in total. The van der Waals surface area contributed by atoms with Gasteiger partial charge in [-0.2, -0.15) is 0 Å². The molecule has 1 aromatic rings. The van der Waals surface area contributed by atoms with Gasteiger partial charge in [0, 0.05) is 5.92 Å². The summed E-state index contributed by atoms with van der Waals surface area (Å²) >= 11 is 0. The van der Waals surface area contributed by atoms with E-state index in [-0.39, 0.29) is 12.0 Å². The standard InChI is InChI=1S/C13H20O/c1-4-12(14)13(10(2)3)11-8-6-5-7-9-11/h5-10,12-14H,4H2,1-3H3/t12-,13-/m0/s1. The second kappa shape index (κ2) is 5.16. The second-order valence-corrected chi connectivity index (χ2v) is 4.16. The Hall–Kier alpha value is -0.820. The van der Waals surface area contributed by atoms with Crippen LogP contribution in [0.15, 0.2) is 30.3 Å². The van der Waals surface area contributed by atoms with Crippen LogP contribution in [-0.4, -0.2) is 11.2 Å². The Kier molecular flexibility index (Phi) is 4.15.